The number of benzene rings is 1. The van der Waals surface area contributed by atoms with Crippen molar-refractivity contribution in [2.75, 3.05) is 11.4 Å². The van der Waals surface area contributed by atoms with Gasteiger partial charge in [0.1, 0.15) is 5.82 Å². The van der Waals surface area contributed by atoms with E-state index in [-0.39, 0.29) is 18.3 Å². The van der Waals surface area contributed by atoms with Crippen molar-refractivity contribution in [1.29, 1.82) is 0 Å². The lowest BCUT2D eigenvalue weighted by Crippen LogP contribution is -2.42. The average Bonchev–Trinajstić information content (AvgIpc) is 2.48. The fourth-order valence-electron chi connectivity index (χ4n) is 2.63. The van der Waals surface area contributed by atoms with Gasteiger partial charge in [-0.05, 0) is 31.0 Å². The predicted octanol–water partition coefficient (Wildman–Crippen LogP) is 1.41. The lowest BCUT2D eigenvalue weighted by atomic mass is 9.99. The number of aromatic amines is 1. The maximum Gasteiger partial charge on any atom is 0.329 e. The molecule has 0 aliphatic carbocycles. The van der Waals surface area contributed by atoms with Gasteiger partial charge in [0.05, 0.1) is 0 Å². The molecule has 2 aromatic rings. The van der Waals surface area contributed by atoms with Gasteiger partial charge < -0.3 is 0 Å². The van der Waals surface area contributed by atoms with Crippen molar-refractivity contribution < 1.29 is 4.79 Å². The van der Waals surface area contributed by atoms with Crippen molar-refractivity contribution >= 4 is 23.3 Å². The second-order valence-electron chi connectivity index (χ2n) is 5.05. The minimum absolute atomic E-state index is 0.218. The molecule has 1 N–H and O–H groups in total. The van der Waals surface area contributed by atoms with Crippen LogP contribution in [0.5, 0.6) is 0 Å². The maximum absolute atomic E-state index is 12.6. The molecule has 1 amide bonds. The highest BCUT2D eigenvalue weighted by atomic mass is 35.5. The lowest BCUT2D eigenvalue weighted by molar-refractivity contribution is 0.0979. The zero-order chi connectivity index (χ0) is 15.9. The number of carbonyl (C=O) groups excluding carboxylic acids is 1. The first-order valence-electron chi connectivity index (χ1n) is 6.95. The largest absolute Gasteiger partial charge is 0.329 e. The minimum atomic E-state index is -0.519. The van der Waals surface area contributed by atoms with Crippen molar-refractivity contribution in [3.8, 4) is 0 Å². The van der Waals surface area contributed by atoms with E-state index in [2.05, 4.69) is 4.98 Å². The van der Waals surface area contributed by atoms with E-state index < -0.39 is 11.2 Å². The van der Waals surface area contributed by atoms with Gasteiger partial charge in [-0.2, -0.15) is 0 Å². The third-order valence-corrected chi connectivity index (χ3v) is 4.00. The maximum atomic E-state index is 12.6. The Morgan fingerprint density at radius 3 is 2.68 bits per heavy atom. The fourth-order valence-corrected chi connectivity index (χ4v) is 2.80. The number of fused-ring (bicyclic) bond motifs is 1. The van der Waals surface area contributed by atoms with Crippen molar-refractivity contribution in [1.82, 2.24) is 9.55 Å². The van der Waals surface area contributed by atoms with Crippen molar-refractivity contribution in [3.63, 3.8) is 0 Å². The van der Waals surface area contributed by atoms with Crippen LogP contribution in [0.15, 0.2) is 33.9 Å². The monoisotopic (exact) mass is 319 g/mol. The van der Waals surface area contributed by atoms with E-state index in [4.69, 9.17) is 11.6 Å². The molecule has 0 fully saturated rings. The Hall–Kier alpha value is -2.34. The highest BCUT2D eigenvalue weighted by Gasteiger charge is 2.26. The Kier molecular flexibility index (Phi) is 3.62. The van der Waals surface area contributed by atoms with Crippen LogP contribution in [0.3, 0.4) is 0 Å². The summed E-state index contributed by atoms with van der Waals surface area (Å²) in [7, 11) is 0. The van der Waals surface area contributed by atoms with Crippen molar-refractivity contribution in [2.24, 2.45) is 0 Å². The summed E-state index contributed by atoms with van der Waals surface area (Å²) in [5, 5.41) is 0.476. The van der Waals surface area contributed by atoms with Crippen LogP contribution in [0.4, 0.5) is 5.82 Å². The average molecular weight is 320 g/mol. The number of H-pyrrole nitrogens is 1. The Balaban J connectivity index is 2.06. The van der Waals surface area contributed by atoms with Crippen LogP contribution < -0.4 is 16.1 Å². The summed E-state index contributed by atoms with van der Waals surface area (Å²) >= 11 is 5.94. The van der Waals surface area contributed by atoms with Crippen LogP contribution in [-0.2, 0) is 13.0 Å². The topological polar surface area (TPSA) is 75.2 Å². The molecule has 0 spiro atoms. The molecule has 1 aliphatic rings. The zero-order valence-corrected chi connectivity index (χ0v) is 12.7. The second-order valence-corrected chi connectivity index (χ2v) is 5.49. The molecular formula is C15H14ClN3O3. The number of hydrogen-bond donors (Lipinski definition) is 1. The quantitative estimate of drug-likeness (QED) is 0.909. The molecule has 0 saturated carbocycles. The molecule has 3 rings (SSSR count). The normalized spacial score (nSPS) is 14.1. The Morgan fingerprint density at radius 1 is 1.23 bits per heavy atom. The van der Waals surface area contributed by atoms with Gasteiger partial charge in [-0.1, -0.05) is 17.7 Å². The smallest absolute Gasteiger partial charge is 0.294 e. The summed E-state index contributed by atoms with van der Waals surface area (Å²) in [6.45, 7) is 2.39. The molecule has 6 nitrogen and oxygen atoms in total. The van der Waals surface area contributed by atoms with Gasteiger partial charge in [0, 0.05) is 29.7 Å². The number of anilines is 1. The third-order valence-electron chi connectivity index (χ3n) is 3.77. The highest BCUT2D eigenvalue weighted by molar-refractivity contribution is 6.31. The molecule has 0 bridgehead atoms. The van der Waals surface area contributed by atoms with Gasteiger partial charge in [0.25, 0.3) is 11.5 Å². The number of halogens is 1. The summed E-state index contributed by atoms with van der Waals surface area (Å²) in [4.78, 5) is 40.4. The van der Waals surface area contributed by atoms with E-state index in [1.807, 2.05) is 6.07 Å². The number of rotatable bonds is 2. The summed E-state index contributed by atoms with van der Waals surface area (Å²) in [6, 6.07) is 6.45. The van der Waals surface area contributed by atoms with Crippen LogP contribution in [0.1, 0.15) is 22.8 Å². The van der Waals surface area contributed by atoms with Gasteiger partial charge >= 0.3 is 5.69 Å². The number of amides is 1. The summed E-state index contributed by atoms with van der Waals surface area (Å²) in [5.41, 5.74) is 0.467. The van der Waals surface area contributed by atoms with Crippen molar-refractivity contribution in [3.05, 3.63) is 61.3 Å². The molecule has 7 heteroatoms. The van der Waals surface area contributed by atoms with Crippen LogP contribution in [0, 0.1) is 0 Å². The van der Waals surface area contributed by atoms with E-state index in [9.17, 15) is 14.4 Å². The zero-order valence-electron chi connectivity index (χ0n) is 11.9. The van der Waals surface area contributed by atoms with Crippen LogP contribution >= 0.6 is 11.6 Å². The predicted molar refractivity (Wildman–Crippen MR) is 83.8 cm³/mol. The van der Waals surface area contributed by atoms with Crippen LogP contribution in [-0.4, -0.2) is 22.0 Å². The first-order chi connectivity index (χ1) is 10.5. The molecule has 1 aromatic carbocycles. The number of nitrogens with one attached hydrogen (secondary N) is 1. The van der Waals surface area contributed by atoms with E-state index in [1.54, 1.807) is 19.1 Å². The molecule has 0 radical (unpaired) electrons. The van der Waals surface area contributed by atoms with Crippen LogP contribution in [0.25, 0.3) is 0 Å². The van der Waals surface area contributed by atoms with Gasteiger partial charge in [-0.25, -0.2) is 4.79 Å². The molecule has 0 atom stereocenters. The molecule has 1 aromatic heterocycles. The molecule has 0 saturated heterocycles. The molecular weight excluding hydrogens is 306 g/mol. The van der Waals surface area contributed by atoms with E-state index in [1.165, 1.54) is 11.0 Å². The van der Waals surface area contributed by atoms with E-state index in [0.717, 1.165) is 10.1 Å². The Bertz CT molecular complexity index is 838. The summed E-state index contributed by atoms with van der Waals surface area (Å²) in [6.07, 6.45) is 0.636. The first kappa shape index (κ1) is 14.6. The van der Waals surface area contributed by atoms with Crippen LogP contribution in [0.2, 0.25) is 5.02 Å². The molecule has 22 heavy (non-hydrogen) atoms. The summed E-state index contributed by atoms with van der Waals surface area (Å²) < 4.78 is 1.07. The summed E-state index contributed by atoms with van der Waals surface area (Å²) in [5.74, 6) is -0.0524. The number of aromatic nitrogens is 2. The molecule has 1 aliphatic heterocycles. The number of hydrogen-bond acceptors (Lipinski definition) is 3. The second kappa shape index (κ2) is 5.46. The Morgan fingerprint density at radius 2 is 2.00 bits per heavy atom. The minimum Gasteiger partial charge on any atom is -0.294 e. The fraction of sp³-hybridized carbons (Fsp3) is 0.267. The molecule has 114 valence electrons. The number of nitrogens with zero attached hydrogens (tertiary/aromatic N) is 2. The SMILES string of the molecule is CCn1c(=O)cc(N2CCc3ccc(Cl)cc3C2=O)[nH]c1=O. The van der Waals surface area contributed by atoms with Crippen molar-refractivity contribution in [2.45, 2.75) is 19.9 Å². The van der Waals surface area contributed by atoms with Gasteiger partial charge in [-0.15, -0.1) is 0 Å². The standard InChI is InChI=1S/C15H14ClN3O3/c1-2-18-13(20)8-12(17-15(18)22)19-6-5-9-3-4-10(16)7-11(9)14(19)21/h3-4,7-8H,2,5-6H2,1H3,(H,17,22). The van der Waals surface area contributed by atoms with Gasteiger partial charge in [0.15, 0.2) is 0 Å². The Labute approximate surface area is 131 Å². The lowest BCUT2D eigenvalue weighted by Gasteiger charge is -2.28. The van der Waals surface area contributed by atoms with Gasteiger partial charge in [-0.3, -0.25) is 24.0 Å². The van der Waals surface area contributed by atoms with E-state index in [0.29, 0.717) is 23.6 Å². The number of carbonyl (C=O) groups is 1. The molecule has 2 heterocycles. The van der Waals surface area contributed by atoms with Gasteiger partial charge in [0.2, 0.25) is 0 Å². The highest BCUT2D eigenvalue weighted by Crippen LogP contribution is 2.24. The van der Waals surface area contributed by atoms with E-state index >= 15 is 0 Å². The molecule has 0 unspecified atom stereocenters. The third kappa shape index (κ3) is 2.35. The first-order valence-corrected chi connectivity index (χ1v) is 7.33.